The van der Waals surface area contributed by atoms with Crippen molar-refractivity contribution in [2.45, 2.75) is 13.8 Å². The number of imide groups is 1. The highest BCUT2D eigenvalue weighted by molar-refractivity contribution is 6.30. The van der Waals surface area contributed by atoms with Gasteiger partial charge in [-0.05, 0) is 43.2 Å². The lowest BCUT2D eigenvalue weighted by atomic mass is 9.82. The Morgan fingerprint density at radius 1 is 0.857 bits per heavy atom. The van der Waals surface area contributed by atoms with Crippen molar-refractivity contribution in [2.75, 3.05) is 17.7 Å². The Kier molecular flexibility index (Phi) is 6.16. The fraction of sp³-hybridized carbons (Fsp3) is 0.115. The minimum atomic E-state index is -0.977. The van der Waals surface area contributed by atoms with Crippen molar-refractivity contribution in [1.82, 2.24) is 5.32 Å². The van der Waals surface area contributed by atoms with Gasteiger partial charge in [-0.1, -0.05) is 36.4 Å². The molecule has 1 aliphatic rings. The molecule has 4 rings (SSSR count). The summed E-state index contributed by atoms with van der Waals surface area (Å²) in [4.78, 5) is 62.5. The molecule has 4 N–H and O–H groups in total. The maximum Gasteiger partial charge on any atom is 0.340 e. The molecule has 0 aromatic heterocycles. The van der Waals surface area contributed by atoms with Crippen molar-refractivity contribution in [3.8, 4) is 0 Å². The minimum Gasteiger partial charge on any atom is -0.452 e. The first-order valence-corrected chi connectivity index (χ1v) is 10.6. The number of hydrogen-bond acceptors (Lipinski definition) is 7. The zero-order valence-electron chi connectivity index (χ0n) is 18.9. The van der Waals surface area contributed by atoms with E-state index in [1.165, 1.54) is 18.2 Å². The molecule has 0 aliphatic heterocycles. The van der Waals surface area contributed by atoms with E-state index in [4.69, 9.17) is 10.5 Å². The summed E-state index contributed by atoms with van der Waals surface area (Å²) in [5, 5.41) is 4.63. The van der Waals surface area contributed by atoms with Crippen LogP contribution in [-0.2, 0) is 9.53 Å². The Bertz CT molecular complexity index is 1430. The second-order valence-corrected chi connectivity index (χ2v) is 7.98. The van der Waals surface area contributed by atoms with E-state index in [0.29, 0.717) is 5.69 Å². The van der Waals surface area contributed by atoms with Crippen LogP contribution in [0.2, 0.25) is 0 Å². The van der Waals surface area contributed by atoms with Crippen molar-refractivity contribution in [3.63, 3.8) is 0 Å². The number of ether oxygens (including phenoxy) is 1. The zero-order valence-corrected chi connectivity index (χ0v) is 18.9. The molecule has 9 heteroatoms. The number of hydrogen-bond donors (Lipinski definition) is 3. The molecule has 35 heavy (non-hydrogen) atoms. The number of aryl methyl sites for hydroxylation is 1. The van der Waals surface area contributed by atoms with Crippen molar-refractivity contribution in [2.24, 2.45) is 0 Å². The van der Waals surface area contributed by atoms with Crippen LogP contribution in [0.1, 0.15) is 53.3 Å². The Balaban J connectivity index is 1.43. The zero-order chi connectivity index (χ0) is 25.3. The molecule has 0 radical (unpaired) electrons. The molecule has 3 aromatic carbocycles. The van der Waals surface area contributed by atoms with Gasteiger partial charge in [0, 0.05) is 22.4 Å². The second-order valence-electron chi connectivity index (χ2n) is 7.98. The molecular weight excluding hydrogens is 450 g/mol. The number of esters is 1. The van der Waals surface area contributed by atoms with Gasteiger partial charge >= 0.3 is 12.0 Å². The predicted octanol–water partition coefficient (Wildman–Crippen LogP) is 3.17. The highest BCUT2D eigenvalue weighted by Gasteiger charge is 2.33. The maximum atomic E-state index is 12.9. The fourth-order valence-electron chi connectivity index (χ4n) is 3.80. The average Bonchev–Trinajstić information content (AvgIpc) is 2.83. The van der Waals surface area contributed by atoms with Crippen LogP contribution in [0.25, 0.3) is 0 Å². The van der Waals surface area contributed by atoms with E-state index in [1.807, 2.05) is 19.9 Å². The van der Waals surface area contributed by atoms with E-state index >= 15 is 0 Å². The maximum absolute atomic E-state index is 12.9. The van der Waals surface area contributed by atoms with E-state index in [1.54, 1.807) is 30.3 Å². The van der Waals surface area contributed by atoms with Crippen LogP contribution in [0.5, 0.6) is 0 Å². The van der Waals surface area contributed by atoms with Crippen molar-refractivity contribution < 1.29 is 28.7 Å². The molecule has 0 atom stereocenters. The first kappa shape index (κ1) is 23.4. The van der Waals surface area contributed by atoms with Crippen LogP contribution in [-0.4, -0.2) is 36.1 Å². The summed E-state index contributed by atoms with van der Waals surface area (Å²) in [5.41, 5.74) is 8.50. The third-order valence-corrected chi connectivity index (χ3v) is 5.79. The van der Waals surface area contributed by atoms with Crippen LogP contribution in [0.3, 0.4) is 0 Å². The second kappa shape index (κ2) is 9.22. The highest BCUT2D eigenvalue weighted by Crippen LogP contribution is 2.32. The van der Waals surface area contributed by atoms with Crippen LogP contribution >= 0.6 is 0 Å². The lowest BCUT2D eigenvalue weighted by Crippen LogP contribution is -2.37. The van der Waals surface area contributed by atoms with Gasteiger partial charge in [-0.15, -0.1) is 0 Å². The molecule has 176 valence electrons. The van der Waals surface area contributed by atoms with Crippen LogP contribution in [0.15, 0.2) is 54.6 Å². The number of benzene rings is 3. The first-order chi connectivity index (χ1) is 16.7. The topological polar surface area (TPSA) is 145 Å². The number of amides is 3. The third kappa shape index (κ3) is 4.39. The Hall–Kier alpha value is -4.79. The quantitative estimate of drug-likeness (QED) is 0.306. The standard InChI is InChI=1S/C26H21N3O6/c1-13-6-5-9-19(14(13)2)28-26(34)29-20(30)12-35-25(33)18-11-10-17-21(22(18)27)24(32)16-8-4-3-7-15(16)23(17)31/h3-11H,12,27H2,1-2H3,(H2,28,29,30,34). The Morgan fingerprint density at radius 3 is 2.26 bits per heavy atom. The number of ketones is 2. The smallest absolute Gasteiger partial charge is 0.340 e. The number of rotatable bonds is 4. The van der Waals surface area contributed by atoms with E-state index in [9.17, 15) is 24.0 Å². The van der Waals surface area contributed by atoms with Gasteiger partial charge in [-0.3, -0.25) is 19.7 Å². The van der Waals surface area contributed by atoms with E-state index in [0.717, 1.165) is 11.1 Å². The number of nitrogens with two attached hydrogens (primary N) is 1. The summed E-state index contributed by atoms with van der Waals surface area (Å²) >= 11 is 0. The largest absolute Gasteiger partial charge is 0.452 e. The molecule has 0 fully saturated rings. The van der Waals surface area contributed by atoms with Crippen LogP contribution < -0.4 is 16.4 Å². The number of nitrogens with one attached hydrogen (secondary N) is 2. The molecule has 1 aliphatic carbocycles. The summed E-state index contributed by atoms with van der Waals surface area (Å²) in [6.45, 7) is 2.96. The van der Waals surface area contributed by atoms with E-state index < -0.39 is 30.3 Å². The summed E-state index contributed by atoms with van der Waals surface area (Å²) in [5.74, 6) is -2.70. The van der Waals surface area contributed by atoms with Crippen LogP contribution in [0, 0.1) is 13.8 Å². The number of nitrogen functional groups attached to an aromatic ring is 1. The van der Waals surface area contributed by atoms with Gasteiger partial charge < -0.3 is 15.8 Å². The summed E-state index contributed by atoms with van der Waals surface area (Å²) < 4.78 is 4.98. The van der Waals surface area contributed by atoms with Gasteiger partial charge in [-0.2, -0.15) is 0 Å². The van der Waals surface area contributed by atoms with Gasteiger partial charge in [0.05, 0.1) is 16.8 Å². The molecule has 0 heterocycles. The van der Waals surface area contributed by atoms with Crippen LogP contribution in [0.4, 0.5) is 16.2 Å². The molecule has 0 saturated heterocycles. The molecule has 0 spiro atoms. The van der Waals surface area contributed by atoms with Crippen molar-refractivity contribution in [3.05, 3.63) is 93.5 Å². The van der Waals surface area contributed by atoms with Crippen molar-refractivity contribution >= 4 is 40.8 Å². The number of carbonyl (C=O) groups excluding carboxylic acids is 5. The highest BCUT2D eigenvalue weighted by atomic mass is 16.5. The minimum absolute atomic E-state index is 0.0829. The lowest BCUT2D eigenvalue weighted by molar-refractivity contribution is -0.123. The Morgan fingerprint density at radius 2 is 1.54 bits per heavy atom. The molecular formula is C26H21N3O6. The van der Waals surface area contributed by atoms with Gasteiger partial charge in [0.2, 0.25) is 0 Å². The van der Waals surface area contributed by atoms with Gasteiger partial charge in [-0.25, -0.2) is 9.59 Å². The van der Waals surface area contributed by atoms with E-state index in [2.05, 4.69) is 10.6 Å². The van der Waals surface area contributed by atoms with E-state index in [-0.39, 0.29) is 39.3 Å². The number of anilines is 2. The molecule has 9 nitrogen and oxygen atoms in total. The molecule has 3 amide bonds. The van der Waals surface area contributed by atoms with Gasteiger partial charge in [0.1, 0.15) is 0 Å². The van der Waals surface area contributed by atoms with Gasteiger partial charge in [0.15, 0.2) is 18.2 Å². The number of urea groups is 1. The number of carbonyl (C=O) groups is 5. The SMILES string of the molecule is Cc1cccc(NC(=O)NC(=O)COC(=O)c2ccc3c(c2N)C(=O)c2ccccc2C3=O)c1C. The lowest BCUT2D eigenvalue weighted by Gasteiger charge is -2.20. The predicted molar refractivity (Wildman–Crippen MR) is 128 cm³/mol. The molecule has 0 bridgehead atoms. The first-order valence-electron chi connectivity index (χ1n) is 10.6. The number of fused-ring (bicyclic) bond motifs is 2. The molecule has 0 saturated carbocycles. The molecule has 0 unspecified atom stereocenters. The average molecular weight is 471 g/mol. The molecule has 3 aromatic rings. The van der Waals surface area contributed by atoms with Crippen molar-refractivity contribution in [1.29, 1.82) is 0 Å². The normalized spacial score (nSPS) is 11.8. The Labute approximate surface area is 200 Å². The summed E-state index contributed by atoms with van der Waals surface area (Å²) in [6, 6.07) is 13.5. The van der Waals surface area contributed by atoms with Gasteiger partial charge in [0.25, 0.3) is 5.91 Å². The fourth-order valence-corrected chi connectivity index (χ4v) is 3.80. The summed E-state index contributed by atoms with van der Waals surface area (Å²) in [6.07, 6.45) is 0. The monoisotopic (exact) mass is 471 g/mol. The third-order valence-electron chi connectivity index (χ3n) is 5.79. The summed E-state index contributed by atoms with van der Waals surface area (Å²) in [7, 11) is 0.